The third-order valence-corrected chi connectivity index (χ3v) is 5.77. The van der Waals surface area contributed by atoms with Crippen LogP contribution in [0.1, 0.15) is 45.3 Å². The number of nitrogens with one attached hydrogen (secondary N) is 1. The zero-order valence-electron chi connectivity index (χ0n) is 20.8. The Labute approximate surface area is 206 Å². The lowest BCUT2D eigenvalue weighted by Crippen LogP contribution is -2.18. The second-order valence-electron chi connectivity index (χ2n) is 8.81. The van der Waals surface area contributed by atoms with E-state index in [0.29, 0.717) is 34.3 Å². The van der Waals surface area contributed by atoms with Crippen molar-refractivity contribution in [3.63, 3.8) is 0 Å². The van der Waals surface area contributed by atoms with E-state index >= 15 is 0 Å². The van der Waals surface area contributed by atoms with Crippen LogP contribution in [0.5, 0.6) is 0 Å². The highest BCUT2D eigenvalue weighted by Crippen LogP contribution is 2.34. The van der Waals surface area contributed by atoms with Crippen molar-refractivity contribution in [2.24, 2.45) is 0 Å². The van der Waals surface area contributed by atoms with Gasteiger partial charge in [0.25, 0.3) is 5.95 Å². The van der Waals surface area contributed by atoms with E-state index in [1.54, 1.807) is 38.4 Å². The fraction of sp³-hybridized carbons (Fsp3) is 0.320. The molecule has 0 unspecified atom stereocenters. The largest absolute Gasteiger partial charge is 0.416 e. The number of rotatable bonds is 5. The van der Waals surface area contributed by atoms with Crippen molar-refractivity contribution in [3.05, 3.63) is 75.6 Å². The molecule has 1 aromatic carbocycles. The zero-order valence-corrected chi connectivity index (χ0v) is 20.8. The molecule has 0 aliphatic rings. The Balaban J connectivity index is 1.67. The second-order valence-corrected chi connectivity index (χ2v) is 8.81. The van der Waals surface area contributed by atoms with Crippen LogP contribution < -0.4 is 5.32 Å². The van der Waals surface area contributed by atoms with Crippen molar-refractivity contribution in [2.45, 2.75) is 54.1 Å². The number of benzene rings is 1. The number of carbonyl (C=O) groups is 1. The number of aryl methyl sites for hydroxylation is 5. The molecule has 3 aromatic heterocycles. The molecule has 8 nitrogen and oxygen atoms in total. The van der Waals surface area contributed by atoms with Crippen LogP contribution in [0.15, 0.2) is 30.3 Å². The monoisotopic (exact) mass is 497 g/mol. The molecule has 188 valence electrons. The lowest BCUT2D eigenvalue weighted by molar-refractivity contribution is -0.137. The summed E-state index contributed by atoms with van der Waals surface area (Å²) >= 11 is 0. The molecule has 0 atom stereocenters. The van der Waals surface area contributed by atoms with Crippen molar-refractivity contribution in [1.29, 1.82) is 0 Å². The summed E-state index contributed by atoms with van der Waals surface area (Å²) in [5, 5.41) is 11.5. The van der Waals surface area contributed by atoms with E-state index in [4.69, 9.17) is 0 Å². The molecule has 0 fully saturated rings. The minimum Gasteiger partial charge on any atom is -0.324 e. The molecule has 1 N–H and O–H groups in total. The molecule has 0 aliphatic carbocycles. The zero-order chi connectivity index (χ0) is 26.4. The number of anilines is 1. The third-order valence-electron chi connectivity index (χ3n) is 5.77. The first kappa shape index (κ1) is 25.1. The minimum atomic E-state index is -4.56. The molecule has 4 rings (SSSR count). The Morgan fingerprint density at radius 1 is 0.889 bits per heavy atom. The van der Waals surface area contributed by atoms with Crippen LogP contribution in [-0.4, -0.2) is 35.4 Å². The van der Waals surface area contributed by atoms with Crippen LogP contribution >= 0.6 is 0 Å². The van der Waals surface area contributed by atoms with Crippen molar-refractivity contribution < 1.29 is 18.0 Å². The first-order chi connectivity index (χ1) is 16.8. The quantitative estimate of drug-likeness (QED) is 0.424. The predicted octanol–water partition coefficient (Wildman–Crippen LogP) is 4.90. The fourth-order valence-corrected chi connectivity index (χ4v) is 4.15. The Kier molecular flexibility index (Phi) is 6.42. The third kappa shape index (κ3) is 5.00. The molecule has 0 radical (unpaired) electrons. The first-order valence-electron chi connectivity index (χ1n) is 11.3. The van der Waals surface area contributed by atoms with Gasteiger partial charge in [-0.1, -0.05) is 0 Å². The SMILES string of the molecule is Cc1cc(C)nc(-n2nc(C)c(CC(=O)Nc3cc(C(F)(F)F)ccc3-n3nc(C)cc3C)c2C)n1. The average molecular weight is 498 g/mol. The average Bonchev–Trinajstić information content (AvgIpc) is 3.24. The van der Waals surface area contributed by atoms with Gasteiger partial charge in [-0.15, -0.1) is 0 Å². The Morgan fingerprint density at radius 2 is 1.56 bits per heavy atom. The predicted molar refractivity (Wildman–Crippen MR) is 128 cm³/mol. The molecule has 4 aromatic rings. The molecule has 1 amide bonds. The summed E-state index contributed by atoms with van der Waals surface area (Å²) in [6.07, 6.45) is -4.65. The van der Waals surface area contributed by atoms with Crippen molar-refractivity contribution in [3.8, 4) is 11.6 Å². The van der Waals surface area contributed by atoms with Gasteiger partial charge in [-0.25, -0.2) is 19.3 Å². The molecule has 0 bridgehead atoms. The van der Waals surface area contributed by atoms with Gasteiger partial charge < -0.3 is 5.32 Å². The van der Waals surface area contributed by atoms with Crippen molar-refractivity contribution in [2.75, 3.05) is 5.32 Å². The molecule has 36 heavy (non-hydrogen) atoms. The maximum atomic E-state index is 13.4. The van der Waals surface area contributed by atoms with Crippen LogP contribution in [0, 0.1) is 41.5 Å². The molecule has 3 heterocycles. The van der Waals surface area contributed by atoms with Gasteiger partial charge in [-0.3, -0.25) is 4.79 Å². The number of aromatic nitrogens is 6. The number of nitrogens with zero attached hydrogens (tertiary/aromatic N) is 6. The van der Waals surface area contributed by atoms with E-state index in [9.17, 15) is 18.0 Å². The molecule has 0 aliphatic heterocycles. The number of amides is 1. The highest BCUT2D eigenvalue weighted by molar-refractivity contribution is 5.94. The summed E-state index contributed by atoms with van der Waals surface area (Å²) in [7, 11) is 0. The standard InChI is InChI=1S/C25H26F3N7O/c1-13-9-14(2)30-24(29-13)35-18(6)20(17(5)33-35)12-23(36)31-21-11-19(25(26,27)28)7-8-22(21)34-16(4)10-15(3)32-34/h7-11H,12H2,1-6H3,(H,31,36). The molecular weight excluding hydrogens is 471 g/mol. The fourth-order valence-electron chi connectivity index (χ4n) is 4.15. The van der Waals surface area contributed by atoms with Gasteiger partial charge in [0.05, 0.1) is 34.7 Å². The highest BCUT2D eigenvalue weighted by atomic mass is 19.4. The lowest BCUT2D eigenvalue weighted by atomic mass is 10.1. The number of hydrogen-bond donors (Lipinski definition) is 1. The Hall–Kier alpha value is -4.02. The Bertz CT molecular complexity index is 1450. The molecule has 0 spiro atoms. The number of hydrogen-bond acceptors (Lipinski definition) is 5. The number of carbonyl (C=O) groups excluding carboxylic acids is 1. The first-order valence-corrected chi connectivity index (χ1v) is 11.3. The smallest absolute Gasteiger partial charge is 0.324 e. The van der Waals surface area contributed by atoms with Crippen LogP contribution in [0.2, 0.25) is 0 Å². The molecular formula is C25H26F3N7O. The van der Waals surface area contributed by atoms with Crippen LogP contribution in [-0.2, 0) is 17.4 Å². The maximum absolute atomic E-state index is 13.4. The van der Waals surface area contributed by atoms with E-state index in [-0.39, 0.29) is 12.1 Å². The van der Waals surface area contributed by atoms with E-state index in [2.05, 4.69) is 25.5 Å². The molecule has 0 saturated carbocycles. The molecule has 0 saturated heterocycles. The molecule has 11 heteroatoms. The van der Waals surface area contributed by atoms with E-state index in [0.717, 1.165) is 29.2 Å². The van der Waals surface area contributed by atoms with Gasteiger partial charge in [-0.2, -0.15) is 23.4 Å². The topological polar surface area (TPSA) is 90.5 Å². The van der Waals surface area contributed by atoms with Crippen LogP contribution in [0.3, 0.4) is 0 Å². The van der Waals surface area contributed by atoms with Gasteiger partial charge in [0, 0.05) is 28.3 Å². The highest BCUT2D eigenvalue weighted by Gasteiger charge is 2.31. The maximum Gasteiger partial charge on any atom is 0.416 e. The summed E-state index contributed by atoms with van der Waals surface area (Å²) in [4.78, 5) is 21.9. The van der Waals surface area contributed by atoms with Crippen molar-refractivity contribution >= 4 is 11.6 Å². The summed E-state index contributed by atoms with van der Waals surface area (Å²) in [6, 6.07) is 6.86. The van der Waals surface area contributed by atoms with E-state index < -0.39 is 17.6 Å². The summed E-state index contributed by atoms with van der Waals surface area (Å²) in [6.45, 7) is 10.9. The summed E-state index contributed by atoms with van der Waals surface area (Å²) in [5.41, 5.74) is 4.42. The van der Waals surface area contributed by atoms with E-state index in [1.807, 2.05) is 19.9 Å². The Morgan fingerprint density at radius 3 is 2.14 bits per heavy atom. The summed E-state index contributed by atoms with van der Waals surface area (Å²) in [5.74, 6) is -0.0892. The summed E-state index contributed by atoms with van der Waals surface area (Å²) < 4.78 is 43.4. The normalized spacial score (nSPS) is 11.7. The lowest BCUT2D eigenvalue weighted by Gasteiger charge is -2.16. The van der Waals surface area contributed by atoms with Crippen molar-refractivity contribution in [1.82, 2.24) is 29.5 Å². The minimum absolute atomic E-state index is 0.0152. The van der Waals surface area contributed by atoms with Gasteiger partial charge in [0.15, 0.2) is 0 Å². The van der Waals surface area contributed by atoms with Crippen LogP contribution in [0.25, 0.3) is 11.6 Å². The number of halogens is 3. The van der Waals surface area contributed by atoms with Gasteiger partial charge in [0.1, 0.15) is 0 Å². The van der Waals surface area contributed by atoms with Gasteiger partial charge >= 0.3 is 6.18 Å². The van der Waals surface area contributed by atoms with Crippen LogP contribution in [0.4, 0.5) is 18.9 Å². The van der Waals surface area contributed by atoms with E-state index in [1.165, 1.54) is 10.7 Å². The van der Waals surface area contributed by atoms with Gasteiger partial charge in [0.2, 0.25) is 5.91 Å². The van der Waals surface area contributed by atoms with Gasteiger partial charge in [-0.05, 0) is 71.9 Å². The second kappa shape index (κ2) is 9.21. The number of alkyl halides is 3.